The normalized spacial score (nSPS) is 12.9. The smallest absolute Gasteiger partial charge is 0.119 e. The zero-order valence-corrected chi connectivity index (χ0v) is 17.3. The predicted octanol–water partition coefficient (Wildman–Crippen LogP) is 6.71. The molecule has 0 bridgehead atoms. The molecular weight excluding hydrogens is 322 g/mol. The van der Waals surface area contributed by atoms with Crippen LogP contribution < -0.4 is 0 Å². The second-order valence-electron chi connectivity index (χ2n) is 9.68. The molecule has 3 heteroatoms. The van der Waals surface area contributed by atoms with Crippen molar-refractivity contribution >= 4 is 5.69 Å². The van der Waals surface area contributed by atoms with Gasteiger partial charge in [-0.3, -0.25) is 0 Å². The van der Waals surface area contributed by atoms with E-state index < -0.39 is 0 Å². The molecule has 0 atom stereocenters. The van der Waals surface area contributed by atoms with Crippen LogP contribution in [-0.2, 0) is 16.2 Å². The van der Waals surface area contributed by atoms with E-state index in [4.69, 9.17) is 0 Å². The third-order valence-corrected chi connectivity index (χ3v) is 5.15. The number of phenolic OH excluding ortho intramolecular Hbond substituents is 1. The van der Waals surface area contributed by atoms with Crippen molar-refractivity contribution in [3.8, 4) is 5.75 Å². The van der Waals surface area contributed by atoms with E-state index in [0.29, 0.717) is 11.4 Å². The summed E-state index contributed by atoms with van der Waals surface area (Å²) in [5, 5.41) is 13.5. The second kappa shape index (κ2) is 6.53. The van der Waals surface area contributed by atoms with Gasteiger partial charge in [-0.15, -0.1) is 4.91 Å². The van der Waals surface area contributed by atoms with Gasteiger partial charge >= 0.3 is 0 Å². The first-order valence-electron chi connectivity index (χ1n) is 9.11. The van der Waals surface area contributed by atoms with Crippen LogP contribution in [0.25, 0.3) is 0 Å². The number of hydrogen-bond acceptors (Lipinski definition) is 3. The SMILES string of the molecule is CC(C)(C)c1cc(C(C)(C)c2ccc(N=O)c(C(C)(C)C)c2)ccc1O. The molecule has 0 saturated heterocycles. The van der Waals surface area contributed by atoms with Crippen LogP contribution in [0.2, 0.25) is 0 Å². The summed E-state index contributed by atoms with van der Waals surface area (Å²) in [6.45, 7) is 16.9. The fourth-order valence-corrected chi connectivity index (χ4v) is 3.30. The minimum atomic E-state index is -0.269. The predicted molar refractivity (Wildman–Crippen MR) is 110 cm³/mol. The van der Waals surface area contributed by atoms with E-state index in [1.165, 1.54) is 0 Å². The monoisotopic (exact) mass is 353 g/mol. The number of hydrogen-bond donors (Lipinski definition) is 1. The Morgan fingerprint density at radius 1 is 0.731 bits per heavy atom. The highest BCUT2D eigenvalue weighted by atomic mass is 16.3. The summed E-state index contributed by atoms with van der Waals surface area (Å²) in [7, 11) is 0. The van der Waals surface area contributed by atoms with E-state index in [1.807, 2.05) is 18.2 Å². The summed E-state index contributed by atoms with van der Waals surface area (Å²) in [6.07, 6.45) is 0. The fraction of sp³-hybridized carbons (Fsp3) is 0.478. The van der Waals surface area contributed by atoms with Gasteiger partial charge in [0, 0.05) is 5.41 Å². The lowest BCUT2D eigenvalue weighted by molar-refractivity contribution is 0.445. The zero-order chi connectivity index (χ0) is 19.9. The van der Waals surface area contributed by atoms with Gasteiger partial charge < -0.3 is 5.11 Å². The third kappa shape index (κ3) is 3.82. The van der Waals surface area contributed by atoms with Crippen molar-refractivity contribution in [3.05, 3.63) is 63.6 Å². The van der Waals surface area contributed by atoms with Crippen molar-refractivity contribution in [1.29, 1.82) is 0 Å². The average molecular weight is 354 g/mol. The maximum Gasteiger partial charge on any atom is 0.119 e. The Labute approximate surface area is 157 Å². The largest absolute Gasteiger partial charge is 0.508 e. The summed E-state index contributed by atoms with van der Waals surface area (Å²) < 4.78 is 0. The Morgan fingerprint density at radius 3 is 1.65 bits per heavy atom. The minimum absolute atomic E-state index is 0.141. The van der Waals surface area contributed by atoms with Gasteiger partial charge in [-0.25, -0.2) is 0 Å². The lowest BCUT2D eigenvalue weighted by Crippen LogP contribution is -2.22. The van der Waals surface area contributed by atoms with Gasteiger partial charge in [-0.1, -0.05) is 79.7 Å². The van der Waals surface area contributed by atoms with E-state index in [1.54, 1.807) is 6.07 Å². The molecule has 0 radical (unpaired) electrons. The number of nitrogens with zero attached hydrogens (tertiary/aromatic N) is 1. The van der Waals surface area contributed by atoms with Crippen molar-refractivity contribution < 1.29 is 5.11 Å². The highest BCUT2D eigenvalue weighted by Gasteiger charge is 2.29. The number of benzene rings is 2. The van der Waals surface area contributed by atoms with E-state index in [-0.39, 0.29) is 16.2 Å². The minimum Gasteiger partial charge on any atom is -0.508 e. The molecule has 140 valence electrons. The number of aromatic hydroxyl groups is 1. The summed E-state index contributed by atoms with van der Waals surface area (Å²) in [5.74, 6) is 0.327. The molecular formula is C23H31NO2. The second-order valence-corrected chi connectivity index (χ2v) is 9.68. The molecule has 0 unspecified atom stereocenters. The first-order chi connectivity index (χ1) is 11.8. The molecule has 1 N–H and O–H groups in total. The van der Waals surface area contributed by atoms with Crippen LogP contribution >= 0.6 is 0 Å². The molecule has 2 aromatic rings. The first kappa shape index (κ1) is 20.2. The van der Waals surface area contributed by atoms with Gasteiger partial charge in [0.05, 0.1) is 0 Å². The Balaban J connectivity index is 2.63. The zero-order valence-electron chi connectivity index (χ0n) is 17.3. The van der Waals surface area contributed by atoms with E-state index in [0.717, 1.165) is 22.3 Å². The van der Waals surface area contributed by atoms with Crippen LogP contribution in [0.4, 0.5) is 5.69 Å². The average Bonchev–Trinajstić information content (AvgIpc) is 2.52. The van der Waals surface area contributed by atoms with Crippen LogP contribution in [0.15, 0.2) is 41.6 Å². The van der Waals surface area contributed by atoms with Crippen LogP contribution in [0.3, 0.4) is 0 Å². The van der Waals surface area contributed by atoms with Crippen molar-refractivity contribution in [1.82, 2.24) is 0 Å². The van der Waals surface area contributed by atoms with Gasteiger partial charge in [0.2, 0.25) is 0 Å². The summed E-state index contributed by atoms with van der Waals surface area (Å²) >= 11 is 0. The van der Waals surface area contributed by atoms with E-state index >= 15 is 0 Å². The van der Waals surface area contributed by atoms with Crippen molar-refractivity contribution in [2.24, 2.45) is 5.18 Å². The maximum absolute atomic E-state index is 11.2. The van der Waals surface area contributed by atoms with Crippen LogP contribution in [0.1, 0.15) is 77.6 Å². The van der Waals surface area contributed by atoms with E-state index in [2.05, 4.69) is 72.7 Å². The van der Waals surface area contributed by atoms with Crippen LogP contribution in [-0.4, -0.2) is 5.11 Å². The Kier molecular flexibility index (Phi) is 5.06. The molecule has 0 aliphatic heterocycles. The molecule has 0 aromatic heterocycles. The lowest BCUT2D eigenvalue weighted by Gasteiger charge is -2.31. The molecule has 0 amide bonds. The van der Waals surface area contributed by atoms with Gasteiger partial charge in [-0.2, -0.15) is 0 Å². The van der Waals surface area contributed by atoms with E-state index in [9.17, 15) is 10.0 Å². The number of nitroso groups, excluding NO2 is 1. The molecule has 2 aromatic carbocycles. The molecule has 0 fully saturated rings. The van der Waals surface area contributed by atoms with Crippen molar-refractivity contribution in [2.75, 3.05) is 0 Å². The molecule has 0 heterocycles. The topological polar surface area (TPSA) is 49.7 Å². The van der Waals surface area contributed by atoms with Gasteiger partial charge in [0.1, 0.15) is 11.4 Å². The highest BCUT2D eigenvalue weighted by Crippen LogP contribution is 2.40. The van der Waals surface area contributed by atoms with Crippen LogP contribution in [0, 0.1) is 4.91 Å². The quantitative estimate of drug-likeness (QED) is 0.623. The Morgan fingerprint density at radius 2 is 1.19 bits per heavy atom. The fourth-order valence-electron chi connectivity index (χ4n) is 3.30. The number of rotatable bonds is 3. The van der Waals surface area contributed by atoms with Crippen molar-refractivity contribution in [3.63, 3.8) is 0 Å². The molecule has 2 rings (SSSR count). The standard InChI is InChI=1S/C23H31NO2/c1-21(2,3)17-13-15(9-11-19(17)24-26)23(7,8)16-10-12-20(25)18(14-16)22(4,5)6/h9-14,25H,1-8H3. The molecule has 0 aliphatic rings. The van der Waals surface area contributed by atoms with Gasteiger partial charge in [0.25, 0.3) is 0 Å². The molecule has 26 heavy (non-hydrogen) atoms. The summed E-state index contributed by atoms with van der Waals surface area (Å²) in [5.41, 5.74) is 4.07. The first-order valence-corrected chi connectivity index (χ1v) is 9.11. The van der Waals surface area contributed by atoms with Crippen LogP contribution in [0.5, 0.6) is 5.75 Å². The molecule has 0 saturated carbocycles. The van der Waals surface area contributed by atoms with Gasteiger partial charge in [-0.05, 0) is 50.4 Å². The van der Waals surface area contributed by atoms with Crippen molar-refractivity contribution in [2.45, 2.75) is 71.6 Å². The Hall–Kier alpha value is -2.16. The number of phenols is 1. The maximum atomic E-state index is 11.2. The van der Waals surface area contributed by atoms with Gasteiger partial charge in [0.15, 0.2) is 0 Å². The summed E-state index contributed by atoms with van der Waals surface area (Å²) in [4.78, 5) is 11.2. The molecule has 3 nitrogen and oxygen atoms in total. The molecule has 0 aliphatic carbocycles. The molecule has 0 spiro atoms. The Bertz CT molecular complexity index is 821. The summed E-state index contributed by atoms with van der Waals surface area (Å²) in [6, 6.07) is 11.8. The lowest BCUT2D eigenvalue weighted by atomic mass is 9.73. The highest BCUT2D eigenvalue weighted by molar-refractivity contribution is 5.54. The third-order valence-electron chi connectivity index (χ3n) is 5.15.